The lowest BCUT2D eigenvalue weighted by Crippen LogP contribution is -2.09. The summed E-state index contributed by atoms with van der Waals surface area (Å²) in [5.41, 5.74) is -0.303. The molecule has 0 amide bonds. The van der Waals surface area contributed by atoms with Gasteiger partial charge in [-0.05, 0) is 30.8 Å². The van der Waals surface area contributed by atoms with Crippen molar-refractivity contribution in [1.29, 1.82) is 5.41 Å². The molecule has 19 heavy (non-hydrogen) atoms. The molecule has 1 aromatic carbocycles. The molecule has 0 aromatic heterocycles. The second-order valence-corrected chi connectivity index (χ2v) is 5.96. The minimum absolute atomic E-state index is 0.0530. The minimum atomic E-state index is -3.56. The largest absolute Gasteiger partial charge is 0.282 e. The quantitative estimate of drug-likeness (QED) is 0.683. The van der Waals surface area contributed by atoms with E-state index in [1.54, 1.807) is 6.92 Å². The SMILES string of the molecule is C=NC(=N)c1cc(S(C)(=O)=O)c(CC)cc1C(F)F. The van der Waals surface area contributed by atoms with Gasteiger partial charge in [-0.3, -0.25) is 5.41 Å². The number of alkyl halides is 2. The third kappa shape index (κ3) is 3.23. The Balaban J connectivity index is 3.71. The second-order valence-electron chi connectivity index (χ2n) is 3.98. The Morgan fingerprint density at radius 3 is 2.42 bits per heavy atom. The van der Waals surface area contributed by atoms with E-state index in [1.165, 1.54) is 0 Å². The van der Waals surface area contributed by atoms with Gasteiger partial charge in [0.15, 0.2) is 15.7 Å². The molecule has 0 saturated carbocycles. The summed E-state index contributed by atoms with van der Waals surface area (Å²) in [5.74, 6) is -0.470. The number of amidine groups is 1. The molecule has 0 radical (unpaired) electrons. The van der Waals surface area contributed by atoms with Crippen molar-refractivity contribution in [2.24, 2.45) is 4.99 Å². The van der Waals surface area contributed by atoms with Crippen LogP contribution in [-0.2, 0) is 16.3 Å². The summed E-state index contributed by atoms with van der Waals surface area (Å²) in [7, 11) is -3.56. The molecule has 0 atom stereocenters. The van der Waals surface area contributed by atoms with E-state index in [0.29, 0.717) is 12.0 Å². The van der Waals surface area contributed by atoms with Crippen LogP contribution in [0.15, 0.2) is 22.0 Å². The van der Waals surface area contributed by atoms with Crippen LogP contribution < -0.4 is 0 Å². The van der Waals surface area contributed by atoms with Gasteiger partial charge < -0.3 is 0 Å². The maximum atomic E-state index is 13.0. The Morgan fingerprint density at radius 2 is 2.05 bits per heavy atom. The van der Waals surface area contributed by atoms with Gasteiger partial charge >= 0.3 is 0 Å². The molecule has 0 aliphatic carbocycles. The molecule has 0 aliphatic heterocycles. The van der Waals surface area contributed by atoms with Gasteiger partial charge in [0, 0.05) is 17.4 Å². The normalized spacial score (nSPS) is 11.6. The van der Waals surface area contributed by atoms with Gasteiger partial charge in [-0.25, -0.2) is 22.2 Å². The van der Waals surface area contributed by atoms with Gasteiger partial charge in [0.25, 0.3) is 6.43 Å². The van der Waals surface area contributed by atoms with Crippen molar-refractivity contribution in [3.05, 3.63) is 28.8 Å². The van der Waals surface area contributed by atoms with E-state index in [0.717, 1.165) is 18.4 Å². The van der Waals surface area contributed by atoms with E-state index < -0.39 is 27.7 Å². The third-order valence-corrected chi connectivity index (χ3v) is 3.84. The summed E-state index contributed by atoms with van der Waals surface area (Å²) >= 11 is 0. The molecule has 0 aliphatic rings. The van der Waals surface area contributed by atoms with Crippen LogP contribution in [0.25, 0.3) is 0 Å². The average molecular weight is 288 g/mol. The summed E-state index contributed by atoms with van der Waals surface area (Å²) in [6.07, 6.45) is -1.51. The first-order chi connectivity index (χ1) is 8.72. The Morgan fingerprint density at radius 1 is 1.47 bits per heavy atom. The minimum Gasteiger partial charge on any atom is -0.282 e. The summed E-state index contributed by atoms with van der Waals surface area (Å²) < 4.78 is 49.2. The Hall–Kier alpha value is -1.63. The zero-order chi connectivity index (χ0) is 14.8. The van der Waals surface area contributed by atoms with Crippen LogP contribution in [0.2, 0.25) is 0 Å². The maximum Gasteiger partial charge on any atom is 0.264 e. The number of hydrogen-bond acceptors (Lipinski definition) is 3. The molecule has 0 bridgehead atoms. The number of aliphatic imine (C=N–C) groups is 1. The fourth-order valence-corrected chi connectivity index (χ4v) is 2.75. The van der Waals surface area contributed by atoms with Crippen LogP contribution in [0.1, 0.15) is 30.0 Å². The first kappa shape index (κ1) is 15.4. The Bertz CT molecular complexity index is 625. The van der Waals surface area contributed by atoms with Crippen molar-refractivity contribution in [1.82, 2.24) is 0 Å². The van der Waals surface area contributed by atoms with Crippen LogP contribution >= 0.6 is 0 Å². The molecular weight excluding hydrogens is 274 g/mol. The van der Waals surface area contributed by atoms with E-state index in [4.69, 9.17) is 5.41 Å². The fraction of sp³-hybridized carbons (Fsp3) is 0.333. The van der Waals surface area contributed by atoms with E-state index in [-0.39, 0.29) is 10.5 Å². The molecule has 1 aromatic rings. The van der Waals surface area contributed by atoms with Gasteiger partial charge in [-0.15, -0.1) is 0 Å². The zero-order valence-corrected chi connectivity index (χ0v) is 11.4. The Kier molecular flexibility index (Phi) is 4.52. The molecule has 104 valence electrons. The van der Waals surface area contributed by atoms with Gasteiger partial charge in [0.1, 0.15) is 0 Å². The predicted octanol–water partition coefficient (Wildman–Crippen LogP) is 2.62. The van der Waals surface area contributed by atoms with Crippen molar-refractivity contribution in [2.75, 3.05) is 6.26 Å². The molecule has 1 rings (SSSR count). The molecule has 0 saturated heterocycles. The lowest BCUT2D eigenvalue weighted by molar-refractivity contribution is 0.151. The van der Waals surface area contributed by atoms with Crippen molar-refractivity contribution in [3.63, 3.8) is 0 Å². The van der Waals surface area contributed by atoms with Gasteiger partial charge in [0.05, 0.1) is 4.90 Å². The monoisotopic (exact) mass is 288 g/mol. The predicted molar refractivity (Wildman–Crippen MR) is 70.3 cm³/mol. The highest BCUT2D eigenvalue weighted by Gasteiger charge is 2.22. The number of rotatable bonds is 4. The van der Waals surface area contributed by atoms with Crippen molar-refractivity contribution in [2.45, 2.75) is 24.7 Å². The number of nitrogens with one attached hydrogen (secondary N) is 1. The molecular formula is C12H14F2N2O2S. The summed E-state index contributed by atoms with van der Waals surface area (Å²) in [6.45, 7) is 4.78. The second kappa shape index (κ2) is 5.56. The molecule has 0 spiro atoms. The highest BCUT2D eigenvalue weighted by molar-refractivity contribution is 7.90. The van der Waals surface area contributed by atoms with Crippen LogP contribution in [0.5, 0.6) is 0 Å². The number of sulfone groups is 1. The Labute approximate surface area is 110 Å². The van der Waals surface area contributed by atoms with Crippen LogP contribution in [0.3, 0.4) is 0 Å². The average Bonchev–Trinajstić information content (AvgIpc) is 2.34. The van der Waals surface area contributed by atoms with Gasteiger partial charge in [-0.2, -0.15) is 0 Å². The molecule has 0 fully saturated rings. The number of aryl methyl sites for hydroxylation is 1. The smallest absolute Gasteiger partial charge is 0.264 e. The lowest BCUT2D eigenvalue weighted by atomic mass is 10.0. The first-order valence-corrected chi connectivity index (χ1v) is 7.32. The zero-order valence-electron chi connectivity index (χ0n) is 10.6. The van der Waals surface area contributed by atoms with Crippen LogP contribution in [0, 0.1) is 5.41 Å². The fourth-order valence-electron chi connectivity index (χ4n) is 1.74. The third-order valence-electron chi connectivity index (χ3n) is 2.66. The molecule has 0 unspecified atom stereocenters. The molecule has 1 N–H and O–H groups in total. The van der Waals surface area contributed by atoms with E-state index >= 15 is 0 Å². The van der Waals surface area contributed by atoms with E-state index in [9.17, 15) is 17.2 Å². The van der Waals surface area contributed by atoms with Crippen LogP contribution in [-0.4, -0.2) is 27.2 Å². The lowest BCUT2D eigenvalue weighted by Gasteiger charge is -2.13. The van der Waals surface area contributed by atoms with Crippen LogP contribution in [0.4, 0.5) is 8.78 Å². The standard InChI is InChI=1S/C12H14F2N2O2S/c1-4-7-5-8(11(13)14)9(12(15)16-2)6-10(7)19(3,17)18/h5-6,11,15H,2,4H2,1,3H3. The highest BCUT2D eigenvalue weighted by Crippen LogP contribution is 2.29. The first-order valence-electron chi connectivity index (χ1n) is 5.43. The maximum absolute atomic E-state index is 13.0. The summed E-state index contributed by atoms with van der Waals surface area (Å²) in [5, 5.41) is 7.48. The molecule has 7 heteroatoms. The van der Waals surface area contributed by atoms with Crippen molar-refractivity contribution in [3.8, 4) is 0 Å². The van der Waals surface area contributed by atoms with Gasteiger partial charge in [0.2, 0.25) is 0 Å². The number of hydrogen-bond donors (Lipinski definition) is 1. The summed E-state index contributed by atoms with van der Waals surface area (Å²) in [4.78, 5) is 3.23. The van der Waals surface area contributed by atoms with Crippen molar-refractivity contribution < 1.29 is 17.2 Å². The molecule has 4 nitrogen and oxygen atoms in total. The number of benzene rings is 1. The van der Waals surface area contributed by atoms with E-state index in [1.807, 2.05) is 0 Å². The summed E-state index contributed by atoms with van der Waals surface area (Å²) in [6, 6.07) is 2.20. The van der Waals surface area contributed by atoms with Gasteiger partial charge in [-0.1, -0.05) is 6.92 Å². The topological polar surface area (TPSA) is 70.3 Å². The number of nitrogens with zero attached hydrogens (tertiary/aromatic N) is 1. The highest BCUT2D eigenvalue weighted by atomic mass is 32.2. The van der Waals surface area contributed by atoms with E-state index in [2.05, 4.69) is 11.7 Å². The molecule has 0 heterocycles. The number of halogens is 2. The van der Waals surface area contributed by atoms with Crippen molar-refractivity contribution >= 4 is 22.4 Å².